The van der Waals surface area contributed by atoms with Crippen LogP contribution in [0.4, 0.5) is 0 Å². The molecule has 6 heteroatoms. The van der Waals surface area contributed by atoms with E-state index in [1.807, 2.05) is 22.4 Å². The molecule has 1 N–H and O–H groups in total. The molecule has 1 aliphatic heterocycles. The number of nitrogens with one attached hydrogen (secondary N) is 1. The summed E-state index contributed by atoms with van der Waals surface area (Å²) in [5.41, 5.74) is 2.85. The summed E-state index contributed by atoms with van der Waals surface area (Å²) in [7, 11) is 0. The summed E-state index contributed by atoms with van der Waals surface area (Å²) < 4.78 is 0. The van der Waals surface area contributed by atoms with Crippen molar-refractivity contribution in [1.82, 2.24) is 15.2 Å². The summed E-state index contributed by atoms with van der Waals surface area (Å²) in [6.07, 6.45) is 0. The van der Waals surface area contributed by atoms with Crippen molar-refractivity contribution in [3.8, 4) is 10.6 Å². The standard InChI is InChI=1S/C16H19N3OS.ClH/c1-11-5-3-4-6-13(11)15-18-14(10-21-15)16(20)19-8-7-17-9-12(19)2;/h3-6,10,12,17H,7-9H2,1-2H3;1H/t12-;/m1./s1. The SMILES string of the molecule is Cc1ccccc1-c1nc(C(=O)N2CCNC[C@H]2C)cs1.Cl. The lowest BCUT2D eigenvalue weighted by Gasteiger charge is -2.33. The minimum atomic E-state index is 0. The molecular formula is C16H20ClN3OS. The normalized spacial score (nSPS) is 17.9. The third kappa shape index (κ3) is 3.32. The van der Waals surface area contributed by atoms with Crippen molar-refractivity contribution in [2.24, 2.45) is 0 Å². The summed E-state index contributed by atoms with van der Waals surface area (Å²) in [6, 6.07) is 8.35. The highest BCUT2D eigenvalue weighted by Crippen LogP contribution is 2.27. The van der Waals surface area contributed by atoms with Crippen LogP contribution in [0.5, 0.6) is 0 Å². The molecule has 2 heterocycles. The fourth-order valence-electron chi connectivity index (χ4n) is 2.60. The third-order valence-corrected chi connectivity index (χ3v) is 4.74. The number of piperazine rings is 1. The molecule has 1 saturated heterocycles. The number of carbonyl (C=O) groups is 1. The fourth-order valence-corrected chi connectivity index (χ4v) is 3.48. The van der Waals surface area contributed by atoms with E-state index in [1.165, 1.54) is 16.9 Å². The van der Waals surface area contributed by atoms with Crippen LogP contribution in [0.3, 0.4) is 0 Å². The van der Waals surface area contributed by atoms with Gasteiger partial charge in [0, 0.05) is 36.6 Å². The molecular weight excluding hydrogens is 318 g/mol. The number of hydrogen-bond donors (Lipinski definition) is 1. The summed E-state index contributed by atoms with van der Waals surface area (Å²) in [5.74, 6) is 0.0417. The second kappa shape index (κ2) is 7.22. The minimum Gasteiger partial charge on any atom is -0.332 e. The van der Waals surface area contributed by atoms with E-state index in [4.69, 9.17) is 0 Å². The van der Waals surface area contributed by atoms with Crippen molar-refractivity contribution in [2.45, 2.75) is 19.9 Å². The number of carbonyl (C=O) groups excluding carboxylic acids is 1. The Labute approximate surface area is 141 Å². The molecule has 3 rings (SSSR count). The number of benzene rings is 1. The maximum Gasteiger partial charge on any atom is 0.273 e. The number of hydrogen-bond acceptors (Lipinski definition) is 4. The summed E-state index contributed by atoms with van der Waals surface area (Å²) in [5, 5.41) is 6.09. The Balaban J connectivity index is 0.00000176. The first-order valence-corrected chi connectivity index (χ1v) is 8.08. The van der Waals surface area contributed by atoms with Gasteiger partial charge < -0.3 is 10.2 Å². The first-order valence-electron chi connectivity index (χ1n) is 7.20. The lowest BCUT2D eigenvalue weighted by molar-refractivity contribution is 0.0650. The van der Waals surface area contributed by atoms with Gasteiger partial charge in [0.15, 0.2) is 0 Å². The molecule has 1 fully saturated rings. The molecule has 0 spiro atoms. The van der Waals surface area contributed by atoms with Crippen LogP contribution in [0.2, 0.25) is 0 Å². The van der Waals surface area contributed by atoms with Gasteiger partial charge in [-0.05, 0) is 19.4 Å². The van der Waals surface area contributed by atoms with Crippen molar-refractivity contribution in [3.63, 3.8) is 0 Å². The van der Waals surface area contributed by atoms with Crippen LogP contribution in [0.1, 0.15) is 23.0 Å². The molecule has 0 bridgehead atoms. The van der Waals surface area contributed by atoms with Gasteiger partial charge in [0.25, 0.3) is 5.91 Å². The second-order valence-electron chi connectivity index (χ2n) is 5.40. The summed E-state index contributed by atoms with van der Waals surface area (Å²) in [4.78, 5) is 19.0. The van der Waals surface area contributed by atoms with Crippen molar-refractivity contribution in [1.29, 1.82) is 0 Å². The summed E-state index contributed by atoms with van der Waals surface area (Å²) in [6.45, 7) is 6.58. The summed E-state index contributed by atoms with van der Waals surface area (Å²) >= 11 is 1.54. The lowest BCUT2D eigenvalue weighted by atomic mass is 10.1. The Morgan fingerprint density at radius 3 is 2.91 bits per heavy atom. The molecule has 0 saturated carbocycles. The Morgan fingerprint density at radius 1 is 1.41 bits per heavy atom. The van der Waals surface area contributed by atoms with Gasteiger partial charge in [0.2, 0.25) is 0 Å². The maximum absolute atomic E-state index is 12.6. The minimum absolute atomic E-state index is 0. The Morgan fingerprint density at radius 2 is 2.18 bits per heavy atom. The Kier molecular flexibility index (Phi) is 5.56. The number of amides is 1. The largest absolute Gasteiger partial charge is 0.332 e. The monoisotopic (exact) mass is 337 g/mol. The predicted octanol–water partition coefficient (Wildman–Crippen LogP) is 2.97. The van der Waals surface area contributed by atoms with Gasteiger partial charge in [0.05, 0.1) is 0 Å². The molecule has 118 valence electrons. The highest BCUT2D eigenvalue weighted by molar-refractivity contribution is 7.13. The van der Waals surface area contributed by atoms with E-state index in [-0.39, 0.29) is 24.4 Å². The van der Waals surface area contributed by atoms with Crippen molar-refractivity contribution in [3.05, 3.63) is 40.9 Å². The average Bonchev–Trinajstić information content (AvgIpc) is 2.97. The molecule has 1 atom stereocenters. The maximum atomic E-state index is 12.6. The van der Waals surface area contributed by atoms with Gasteiger partial charge in [-0.25, -0.2) is 4.98 Å². The van der Waals surface area contributed by atoms with Crippen LogP contribution in [0.15, 0.2) is 29.6 Å². The molecule has 1 aliphatic rings. The van der Waals surface area contributed by atoms with E-state index in [0.717, 1.165) is 30.2 Å². The number of nitrogens with zero attached hydrogens (tertiary/aromatic N) is 2. The van der Waals surface area contributed by atoms with Crippen molar-refractivity contribution < 1.29 is 4.79 Å². The number of halogens is 1. The van der Waals surface area contributed by atoms with E-state index in [1.54, 1.807) is 0 Å². The van der Waals surface area contributed by atoms with E-state index in [9.17, 15) is 4.79 Å². The Bertz CT molecular complexity index is 658. The lowest BCUT2D eigenvalue weighted by Crippen LogP contribution is -2.52. The third-order valence-electron chi connectivity index (χ3n) is 3.86. The fraction of sp³-hybridized carbons (Fsp3) is 0.375. The van der Waals surface area contributed by atoms with Gasteiger partial charge in [-0.3, -0.25) is 4.79 Å². The smallest absolute Gasteiger partial charge is 0.273 e. The van der Waals surface area contributed by atoms with Crippen LogP contribution in [-0.2, 0) is 0 Å². The number of aryl methyl sites for hydroxylation is 1. The molecule has 2 aromatic rings. The zero-order valence-electron chi connectivity index (χ0n) is 12.7. The zero-order chi connectivity index (χ0) is 14.8. The average molecular weight is 338 g/mol. The van der Waals surface area contributed by atoms with Crippen molar-refractivity contribution >= 4 is 29.7 Å². The molecule has 1 aromatic carbocycles. The molecule has 0 unspecified atom stereocenters. The van der Waals surface area contributed by atoms with Gasteiger partial charge in [0.1, 0.15) is 10.7 Å². The number of rotatable bonds is 2. The van der Waals surface area contributed by atoms with Gasteiger partial charge >= 0.3 is 0 Å². The van der Waals surface area contributed by atoms with E-state index < -0.39 is 0 Å². The van der Waals surface area contributed by atoms with Gasteiger partial charge in [-0.1, -0.05) is 24.3 Å². The van der Waals surface area contributed by atoms with Crippen LogP contribution < -0.4 is 5.32 Å². The molecule has 0 radical (unpaired) electrons. The molecule has 1 aromatic heterocycles. The van der Waals surface area contributed by atoms with E-state index in [0.29, 0.717) is 5.69 Å². The highest BCUT2D eigenvalue weighted by Gasteiger charge is 2.25. The van der Waals surface area contributed by atoms with Crippen LogP contribution in [-0.4, -0.2) is 41.5 Å². The molecule has 0 aliphatic carbocycles. The van der Waals surface area contributed by atoms with E-state index in [2.05, 4.69) is 36.3 Å². The highest BCUT2D eigenvalue weighted by atomic mass is 35.5. The van der Waals surface area contributed by atoms with Crippen molar-refractivity contribution in [2.75, 3.05) is 19.6 Å². The molecule has 1 amide bonds. The van der Waals surface area contributed by atoms with Gasteiger partial charge in [-0.15, -0.1) is 23.7 Å². The first-order chi connectivity index (χ1) is 10.2. The Hall–Kier alpha value is -1.43. The molecule has 22 heavy (non-hydrogen) atoms. The predicted molar refractivity (Wildman–Crippen MR) is 92.9 cm³/mol. The first kappa shape index (κ1) is 16.9. The van der Waals surface area contributed by atoms with Crippen LogP contribution in [0, 0.1) is 6.92 Å². The number of aromatic nitrogens is 1. The quantitative estimate of drug-likeness (QED) is 0.916. The zero-order valence-corrected chi connectivity index (χ0v) is 14.3. The van der Waals surface area contributed by atoms with Crippen LogP contribution >= 0.6 is 23.7 Å². The number of thiazole rings is 1. The molecule has 4 nitrogen and oxygen atoms in total. The van der Waals surface area contributed by atoms with Crippen LogP contribution in [0.25, 0.3) is 10.6 Å². The van der Waals surface area contributed by atoms with E-state index >= 15 is 0 Å². The van der Waals surface area contributed by atoms with Gasteiger partial charge in [-0.2, -0.15) is 0 Å². The second-order valence-corrected chi connectivity index (χ2v) is 6.26. The topological polar surface area (TPSA) is 45.2 Å².